The molecule has 18 heavy (non-hydrogen) atoms. The molecule has 0 radical (unpaired) electrons. The third kappa shape index (κ3) is 2.61. The molecule has 1 aliphatic heterocycles. The van der Waals surface area contributed by atoms with Crippen molar-refractivity contribution in [2.45, 2.75) is 57.4 Å². The Morgan fingerprint density at radius 3 is 2.78 bits per heavy atom. The molecule has 4 heteroatoms. The molecule has 1 aromatic heterocycles. The zero-order valence-corrected chi connectivity index (χ0v) is 11.7. The first kappa shape index (κ1) is 12.2. The summed E-state index contributed by atoms with van der Waals surface area (Å²) in [6.45, 7) is 3.39. The highest BCUT2D eigenvalue weighted by Gasteiger charge is 2.28. The van der Waals surface area contributed by atoms with Crippen LogP contribution in [0.2, 0.25) is 5.15 Å². The molecule has 98 valence electrons. The van der Waals surface area contributed by atoms with E-state index in [9.17, 15) is 0 Å². The van der Waals surface area contributed by atoms with Crippen molar-refractivity contribution in [3.63, 3.8) is 0 Å². The SMILES string of the molecule is CC1CCCCCN1c1cc(Cl)nc(C2CC2)n1. The molecule has 1 aliphatic carbocycles. The fourth-order valence-corrected chi connectivity index (χ4v) is 2.89. The quantitative estimate of drug-likeness (QED) is 0.762. The molecule has 1 unspecified atom stereocenters. The Balaban J connectivity index is 1.89. The standard InChI is InChI=1S/C14H20ClN3/c1-10-5-3-2-4-8-18(10)13-9-12(15)16-14(17-13)11-6-7-11/h9-11H,2-8H2,1H3. The molecule has 0 N–H and O–H groups in total. The first-order valence-corrected chi connectivity index (χ1v) is 7.43. The summed E-state index contributed by atoms with van der Waals surface area (Å²) in [5.74, 6) is 2.55. The first-order chi connectivity index (χ1) is 8.74. The van der Waals surface area contributed by atoms with E-state index in [0.717, 1.165) is 18.2 Å². The lowest BCUT2D eigenvalue weighted by Crippen LogP contribution is -2.33. The van der Waals surface area contributed by atoms with E-state index in [2.05, 4.69) is 16.8 Å². The molecule has 0 bridgehead atoms. The predicted molar refractivity (Wildman–Crippen MR) is 74.3 cm³/mol. The van der Waals surface area contributed by atoms with E-state index in [-0.39, 0.29) is 0 Å². The lowest BCUT2D eigenvalue weighted by atomic mass is 10.1. The van der Waals surface area contributed by atoms with Crippen molar-refractivity contribution < 1.29 is 0 Å². The van der Waals surface area contributed by atoms with Crippen LogP contribution in [-0.2, 0) is 0 Å². The number of halogens is 1. The van der Waals surface area contributed by atoms with Crippen LogP contribution in [0.25, 0.3) is 0 Å². The minimum absolute atomic E-state index is 0.560. The molecule has 2 fully saturated rings. The van der Waals surface area contributed by atoms with Gasteiger partial charge in [0.1, 0.15) is 16.8 Å². The van der Waals surface area contributed by atoms with Gasteiger partial charge in [0.05, 0.1) is 0 Å². The van der Waals surface area contributed by atoms with Gasteiger partial charge in [0.25, 0.3) is 0 Å². The Morgan fingerprint density at radius 2 is 2.00 bits per heavy atom. The number of aromatic nitrogens is 2. The lowest BCUT2D eigenvalue weighted by molar-refractivity contribution is 0.609. The average molecular weight is 266 g/mol. The second-order valence-electron chi connectivity index (χ2n) is 5.57. The molecule has 0 aromatic carbocycles. The molecule has 3 nitrogen and oxygen atoms in total. The molecule has 1 atom stereocenters. The van der Waals surface area contributed by atoms with E-state index >= 15 is 0 Å². The van der Waals surface area contributed by atoms with Crippen molar-refractivity contribution >= 4 is 17.4 Å². The number of hydrogen-bond donors (Lipinski definition) is 0. The van der Waals surface area contributed by atoms with Crippen molar-refractivity contribution in [1.82, 2.24) is 9.97 Å². The molecule has 1 aromatic rings. The van der Waals surface area contributed by atoms with E-state index < -0.39 is 0 Å². The maximum atomic E-state index is 6.15. The van der Waals surface area contributed by atoms with Gasteiger partial charge in [0.2, 0.25) is 0 Å². The van der Waals surface area contributed by atoms with Crippen LogP contribution in [0.5, 0.6) is 0 Å². The van der Waals surface area contributed by atoms with E-state index in [4.69, 9.17) is 16.6 Å². The van der Waals surface area contributed by atoms with Crippen molar-refractivity contribution in [2.24, 2.45) is 0 Å². The van der Waals surface area contributed by atoms with Gasteiger partial charge >= 0.3 is 0 Å². The van der Waals surface area contributed by atoms with Gasteiger partial charge in [-0.2, -0.15) is 0 Å². The Hall–Kier alpha value is -0.830. The van der Waals surface area contributed by atoms with Gasteiger partial charge in [0, 0.05) is 24.6 Å². The summed E-state index contributed by atoms with van der Waals surface area (Å²) in [5.41, 5.74) is 0. The summed E-state index contributed by atoms with van der Waals surface area (Å²) in [7, 11) is 0. The summed E-state index contributed by atoms with van der Waals surface area (Å²) >= 11 is 6.15. The highest BCUT2D eigenvalue weighted by Crippen LogP contribution is 2.39. The zero-order chi connectivity index (χ0) is 12.5. The van der Waals surface area contributed by atoms with Crippen LogP contribution >= 0.6 is 11.6 Å². The highest BCUT2D eigenvalue weighted by atomic mass is 35.5. The Bertz CT molecular complexity index is 431. The number of rotatable bonds is 2. The summed E-state index contributed by atoms with van der Waals surface area (Å²) in [6, 6.07) is 2.49. The second-order valence-corrected chi connectivity index (χ2v) is 5.96. The minimum atomic E-state index is 0.560. The molecule has 1 saturated heterocycles. The Kier molecular flexibility index (Phi) is 3.42. The van der Waals surface area contributed by atoms with E-state index in [0.29, 0.717) is 17.1 Å². The van der Waals surface area contributed by atoms with Crippen molar-refractivity contribution in [1.29, 1.82) is 0 Å². The van der Waals surface area contributed by atoms with Gasteiger partial charge in [-0.05, 0) is 32.6 Å². The van der Waals surface area contributed by atoms with E-state index in [1.54, 1.807) is 0 Å². The molecule has 3 rings (SSSR count). The number of anilines is 1. The Morgan fingerprint density at radius 1 is 1.17 bits per heavy atom. The summed E-state index contributed by atoms with van der Waals surface area (Å²) in [6.07, 6.45) is 7.59. The molecular formula is C14H20ClN3. The average Bonchev–Trinajstić information content (AvgIpc) is 3.15. The van der Waals surface area contributed by atoms with E-state index in [1.807, 2.05) is 6.07 Å². The fourth-order valence-electron chi connectivity index (χ4n) is 2.71. The molecular weight excluding hydrogens is 246 g/mol. The highest BCUT2D eigenvalue weighted by molar-refractivity contribution is 6.29. The van der Waals surface area contributed by atoms with Crippen molar-refractivity contribution in [2.75, 3.05) is 11.4 Å². The summed E-state index contributed by atoms with van der Waals surface area (Å²) in [5, 5.41) is 0.596. The topological polar surface area (TPSA) is 29.0 Å². The predicted octanol–water partition coefficient (Wildman–Crippen LogP) is 3.78. The van der Waals surface area contributed by atoms with Crippen LogP contribution in [0.1, 0.15) is 57.2 Å². The van der Waals surface area contributed by atoms with Crippen LogP contribution in [0.3, 0.4) is 0 Å². The molecule has 0 spiro atoms. The zero-order valence-electron chi connectivity index (χ0n) is 10.9. The van der Waals surface area contributed by atoms with Gasteiger partial charge in [-0.1, -0.05) is 24.4 Å². The summed E-state index contributed by atoms with van der Waals surface area (Å²) in [4.78, 5) is 11.5. The normalized spacial score (nSPS) is 25.0. The van der Waals surface area contributed by atoms with Gasteiger partial charge < -0.3 is 4.90 Å². The molecule has 1 saturated carbocycles. The van der Waals surface area contributed by atoms with Gasteiger partial charge in [0.15, 0.2) is 0 Å². The van der Waals surface area contributed by atoms with Crippen LogP contribution < -0.4 is 4.90 Å². The van der Waals surface area contributed by atoms with Crippen molar-refractivity contribution in [3.8, 4) is 0 Å². The maximum Gasteiger partial charge on any atom is 0.135 e. The largest absolute Gasteiger partial charge is 0.354 e. The van der Waals surface area contributed by atoms with Gasteiger partial charge in [-0.15, -0.1) is 0 Å². The smallest absolute Gasteiger partial charge is 0.135 e. The molecule has 0 amide bonds. The summed E-state index contributed by atoms with van der Waals surface area (Å²) < 4.78 is 0. The Labute approximate surface area is 114 Å². The second kappa shape index (κ2) is 5.04. The minimum Gasteiger partial charge on any atom is -0.354 e. The van der Waals surface area contributed by atoms with Gasteiger partial charge in [-0.25, -0.2) is 9.97 Å². The van der Waals surface area contributed by atoms with Crippen LogP contribution in [0, 0.1) is 0 Å². The fraction of sp³-hybridized carbons (Fsp3) is 0.714. The molecule has 2 heterocycles. The van der Waals surface area contributed by atoms with Gasteiger partial charge in [-0.3, -0.25) is 0 Å². The maximum absolute atomic E-state index is 6.15. The lowest BCUT2D eigenvalue weighted by Gasteiger charge is -2.28. The van der Waals surface area contributed by atoms with Crippen LogP contribution in [0.15, 0.2) is 6.07 Å². The number of hydrogen-bond acceptors (Lipinski definition) is 3. The van der Waals surface area contributed by atoms with E-state index in [1.165, 1.54) is 38.5 Å². The number of nitrogens with zero attached hydrogens (tertiary/aromatic N) is 3. The van der Waals surface area contributed by atoms with Crippen molar-refractivity contribution in [3.05, 3.63) is 17.0 Å². The van der Waals surface area contributed by atoms with Crippen LogP contribution in [-0.4, -0.2) is 22.6 Å². The third-order valence-electron chi connectivity index (χ3n) is 3.99. The first-order valence-electron chi connectivity index (χ1n) is 7.05. The monoisotopic (exact) mass is 265 g/mol. The third-order valence-corrected chi connectivity index (χ3v) is 4.18. The van der Waals surface area contributed by atoms with Crippen LogP contribution in [0.4, 0.5) is 5.82 Å². The molecule has 2 aliphatic rings.